The van der Waals surface area contributed by atoms with Crippen LogP contribution in [0.3, 0.4) is 0 Å². The predicted molar refractivity (Wildman–Crippen MR) is 215 cm³/mol. The minimum atomic E-state index is 0.0966. The van der Waals surface area contributed by atoms with Crippen molar-refractivity contribution in [1.29, 1.82) is 0 Å². The Hall–Kier alpha value is -2.62. The molecule has 0 aliphatic heterocycles. The van der Waals surface area contributed by atoms with Gasteiger partial charge in [0.2, 0.25) is 11.8 Å². The summed E-state index contributed by atoms with van der Waals surface area (Å²) in [4.78, 5) is 28.2. The fraction of sp³-hybridized carbons (Fsp3) is 0.720. The van der Waals surface area contributed by atoms with Gasteiger partial charge in [0.1, 0.15) is 0 Å². The van der Waals surface area contributed by atoms with Gasteiger partial charge in [0, 0.05) is 25.9 Å². The first kappa shape index (κ1) is 34.6. The molecule has 4 unspecified atom stereocenters. The maximum atomic E-state index is 14.1. The fourth-order valence-corrected chi connectivity index (χ4v) is 18.2. The smallest absolute Gasteiger partial charge is 0.220 e. The first-order chi connectivity index (χ1) is 25.9. The summed E-state index contributed by atoms with van der Waals surface area (Å²) in [5.74, 6) is 5.27. The largest absolute Gasteiger partial charge is 0.356 e. The Balaban J connectivity index is 0.742. The quantitative estimate of drug-likeness (QED) is 0.256. The van der Waals surface area contributed by atoms with Gasteiger partial charge in [-0.15, -0.1) is 0 Å². The zero-order valence-electron chi connectivity index (χ0n) is 33.5. The van der Waals surface area contributed by atoms with E-state index < -0.39 is 0 Å². The summed E-state index contributed by atoms with van der Waals surface area (Å²) in [6.45, 7) is 6.15. The molecule has 0 saturated heterocycles. The lowest BCUT2D eigenvalue weighted by molar-refractivity contribution is -0.148. The second-order valence-electron chi connectivity index (χ2n) is 23.1. The van der Waals surface area contributed by atoms with Crippen LogP contribution >= 0.6 is 0 Å². The third-order valence-corrected chi connectivity index (χ3v) is 18.4. The van der Waals surface area contributed by atoms with Crippen molar-refractivity contribution in [3.8, 4) is 0 Å². The molecule has 12 aliphatic rings. The molecule has 2 amide bonds. The van der Waals surface area contributed by atoms with Gasteiger partial charge < -0.3 is 10.6 Å². The topological polar surface area (TPSA) is 58.2 Å². The van der Waals surface area contributed by atoms with Crippen molar-refractivity contribution in [2.75, 3.05) is 13.1 Å². The summed E-state index contributed by atoms with van der Waals surface area (Å²) in [5, 5.41) is 7.26. The van der Waals surface area contributed by atoms with E-state index in [4.69, 9.17) is 0 Å². The number of benzene rings is 2. The minimum Gasteiger partial charge on any atom is -0.356 e. The van der Waals surface area contributed by atoms with Crippen molar-refractivity contribution in [3.63, 3.8) is 0 Å². The molecule has 0 heterocycles. The zero-order chi connectivity index (χ0) is 36.6. The average Bonchev–Trinajstić information content (AvgIpc) is 3.08. The number of nitrogens with one attached hydrogen (secondary N) is 2. The molecule has 4 heteroatoms. The lowest BCUT2D eigenvalue weighted by Gasteiger charge is -2.63. The van der Waals surface area contributed by atoms with Crippen LogP contribution in [-0.2, 0) is 20.4 Å². The summed E-state index contributed by atoms with van der Waals surface area (Å²) >= 11 is 0. The van der Waals surface area contributed by atoms with Gasteiger partial charge in [0.05, 0.1) is 0 Å². The van der Waals surface area contributed by atoms with Gasteiger partial charge in [-0.1, -0.05) is 59.7 Å². The lowest BCUT2D eigenvalue weighted by Crippen LogP contribution is -2.58. The molecule has 54 heavy (non-hydrogen) atoms. The van der Waals surface area contributed by atoms with Crippen LogP contribution in [-0.4, -0.2) is 24.9 Å². The lowest BCUT2D eigenvalue weighted by atomic mass is 9.42. The van der Waals surface area contributed by atoms with Gasteiger partial charge in [-0.25, -0.2) is 0 Å². The third kappa shape index (κ3) is 5.78. The molecule has 12 saturated carbocycles. The van der Waals surface area contributed by atoms with Crippen LogP contribution in [0.5, 0.6) is 0 Å². The maximum Gasteiger partial charge on any atom is 0.220 e. The summed E-state index contributed by atoms with van der Waals surface area (Å²) in [5.41, 5.74) is 7.17. The van der Waals surface area contributed by atoms with Gasteiger partial charge in [0.25, 0.3) is 0 Å². The Morgan fingerprint density at radius 2 is 0.778 bits per heavy atom. The van der Waals surface area contributed by atoms with E-state index in [1.165, 1.54) is 120 Å². The summed E-state index contributed by atoms with van der Waals surface area (Å²) in [6, 6.07) is 18.9. The molecular formula is C50H66N2O2. The number of carbonyl (C=O) groups is 2. The van der Waals surface area contributed by atoms with Crippen LogP contribution in [0.25, 0.3) is 0 Å². The Kier molecular flexibility index (Phi) is 7.66. The molecule has 12 fully saturated rings. The molecule has 2 N–H and O–H groups in total. The molecular weight excluding hydrogens is 661 g/mol. The van der Waals surface area contributed by atoms with Crippen molar-refractivity contribution in [2.45, 2.75) is 153 Å². The van der Waals surface area contributed by atoms with E-state index in [9.17, 15) is 9.59 Å². The second kappa shape index (κ2) is 12.0. The number of hydrogen-bond acceptors (Lipinski definition) is 2. The monoisotopic (exact) mass is 727 g/mol. The van der Waals surface area contributed by atoms with Crippen LogP contribution in [0.2, 0.25) is 0 Å². The highest BCUT2D eigenvalue weighted by Crippen LogP contribution is 2.69. The fourth-order valence-electron chi connectivity index (χ4n) is 18.2. The summed E-state index contributed by atoms with van der Waals surface area (Å²) in [7, 11) is 0. The first-order valence-corrected chi connectivity index (χ1v) is 22.6. The van der Waals surface area contributed by atoms with Gasteiger partial charge in [-0.2, -0.15) is 0 Å². The minimum absolute atomic E-state index is 0.0966. The molecule has 288 valence electrons. The molecule has 12 aliphatic carbocycles. The van der Waals surface area contributed by atoms with E-state index in [0.29, 0.717) is 47.3 Å². The van der Waals surface area contributed by atoms with E-state index in [2.05, 4.69) is 73.0 Å². The number of hydrogen-bond donors (Lipinski definition) is 2. The first-order valence-electron chi connectivity index (χ1n) is 22.6. The zero-order valence-corrected chi connectivity index (χ0v) is 33.5. The molecule has 0 radical (unpaired) electrons. The van der Waals surface area contributed by atoms with Crippen molar-refractivity contribution >= 4 is 11.8 Å². The van der Waals surface area contributed by atoms with Crippen LogP contribution < -0.4 is 10.6 Å². The number of rotatable bonds is 10. The van der Waals surface area contributed by atoms with Crippen LogP contribution in [0.1, 0.15) is 151 Å². The van der Waals surface area contributed by atoms with Crippen LogP contribution in [0, 0.1) is 71.0 Å². The van der Waals surface area contributed by atoms with Crippen LogP contribution in [0.4, 0.5) is 0 Å². The van der Waals surface area contributed by atoms with Crippen molar-refractivity contribution in [1.82, 2.24) is 10.6 Å². The average molecular weight is 727 g/mol. The molecule has 0 spiro atoms. The van der Waals surface area contributed by atoms with E-state index >= 15 is 0 Å². The molecule has 4 nitrogen and oxygen atoms in total. The number of amides is 2. The summed E-state index contributed by atoms with van der Waals surface area (Å²) < 4.78 is 0. The highest BCUT2D eigenvalue weighted by atomic mass is 16.2. The Morgan fingerprint density at radius 3 is 1.13 bits per heavy atom. The van der Waals surface area contributed by atoms with Gasteiger partial charge in [0.15, 0.2) is 0 Å². The van der Waals surface area contributed by atoms with Gasteiger partial charge in [-0.3, -0.25) is 9.59 Å². The number of carbonyl (C=O) groups excluding carboxylic acids is 2. The maximum absolute atomic E-state index is 14.1. The molecule has 8 atom stereocenters. The van der Waals surface area contributed by atoms with Crippen LogP contribution in [0.15, 0.2) is 48.5 Å². The normalized spacial score (nSPS) is 45.9. The highest BCUT2D eigenvalue weighted by molar-refractivity contribution is 5.78. The standard InChI is InChI=1S/C50H66N2O2/c1-33-3-7-41(8-4-33)49-22-37-12-38(23-49)19-47(18-37,29-49)31-51-43(53)26-45-14-35-11-36(15-45)17-46(16-35,28-45)27-44(54)52-32-48-20-39-13-40(21-48)25-50(24-39,30-48)42-9-5-34(2)6-10-42/h3-10,35-40H,11-32H2,1-2H3,(H,51,53)(H,52,54)/t35?,36?,37-,38-,39-,40+,45?,46?,47?,48?,49?,50?/m0/s1. The van der Waals surface area contributed by atoms with Gasteiger partial charge >= 0.3 is 0 Å². The van der Waals surface area contributed by atoms with E-state index in [-0.39, 0.29) is 21.7 Å². The SMILES string of the molecule is Cc1ccc(C23C[C@@H]4C[C@@H](CC(CNC(=O)CC56CC7CC(C5)CC(CC(=O)NCC58C[C@@H]9C[C@@H](C5)CC(c5ccc(C)cc5)(C9)C8)(C7)C6)(C4)C2)C3)cc1. The number of aryl methyl sites for hydroxylation is 2. The predicted octanol–water partition coefficient (Wildman–Crippen LogP) is 10.3. The van der Waals surface area contributed by atoms with E-state index in [1.54, 1.807) is 11.1 Å². The Morgan fingerprint density at radius 1 is 0.463 bits per heavy atom. The third-order valence-electron chi connectivity index (χ3n) is 18.4. The summed E-state index contributed by atoms with van der Waals surface area (Å²) in [6.07, 6.45) is 24.5. The molecule has 0 aromatic heterocycles. The van der Waals surface area contributed by atoms with Crippen molar-refractivity contribution in [3.05, 3.63) is 70.8 Å². The van der Waals surface area contributed by atoms with E-state index in [1.807, 2.05) is 0 Å². The van der Waals surface area contributed by atoms with Gasteiger partial charge in [-0.05, 0) is 209 Å². The van der Waals surface area contributed by atoms with Crippen molar-refractivity contribution in [2.24, 2.45) is 57.2 Å². The molecule has 2 aromatic rings. The molecule has 2 aromatic carbocycles. The highest BCUT2D eigenvalue weighted by Gasteiger charge is 2.61. The van der Waals surface area contributed by atoms with Crippen molar-refractivity contribution < 1.29 is 9.59 Å². The second-order valence-corrected chi connectivity index (χ2v) is 23.1. The van der Waals surface area contributed by atoms with E-state index in [0.717, 1.165) is 43.2 Å². The Labute approximate surface area is 325 Å². The Bertz CT molecular complexity index is 1650. The molecule has 12 bridgehead atoms. The molecule has 14 rings (SSSR count).